The maximum atomic E-state index is 12.7. The van der Waals surface area contributed by atoms with Crippen LogP contribution >= 0.6 is 11.6 Å². The SMILES string of the molecule is COCC(=O)N1CCC(N2CCCCC2)CC1.O=C(OCC1CCCCC1)N(c1ccccc1)c1ccc(Cl)cc1. The third kappa shape index (κ3) is 9.73. The van der Waals surface area contributed by atoms with Crippen LogP contribution in [0.5, 0.6) is 0 Å². The Morgan fingerprint density at radius 1 is 0.805 bits per heavy atom. The van der Waals surface area contributed by atoms with Gasteiger partial charge in [0, 0.05) is 31.3 Å². The van der Waals surface area contributed by atoms with Gasteiger partial charge in [0.1, 0.15) is 6.61 Å². The van der Waals surface area contributed by atoms with E-state index in [4.69, 9.17) is 21.1 Å². The zero-order valence-corrected chi connectivity index (χ0v) is 25.3. The van der Waals surface area contributed by atoms with E-state index in [0.29, 0.717) is 23.6 Å². The van der Waals surface area contributed by atoms with Gasteiger partial charge in [-0.1, -0.05) is 55.5 Å². The smallest absolute Gasteiger partial charge is 0.418 e. The molecule has 224 valence electrons. The molecule has 2 aliphatic heterocycles. The lowest BCUT2D eigenvalue weighted by Crippen LogP contribution is -2.48. The highest BCUT2D eigenvalue weighted by molar-refractivity contribution is 6.30. The molecule has 0 spiro atoms. The van der Waals surface area contributed by atoms with Crippen LogP contribution in [0, 0.1) is 5.92 Å². The van der Waals surface area contributed by atoms with Gasteiger partial charge in [-0.15, -0.1) is 0 Å². The fourth-order valence-electron chi connectivity index (χ4n) is 6.11. The average Bonchev–Trinajstić information content (AvgIpc) is 3.03. The molecule has 2 amide bonds. The van der Waals surface area contributed by atoms with Gasteiger partial charge in [-0.05, 0) is 93.9 Å². The van der Waals surface area contributed by atoms with E-state index in [0.717, 1.165) is 50.1 Å². The van der Waals surface area contributed by atoms with E-state index in [1.54, 1.807) is 24.1 Å². The van der Waals surface area contributed by atoms with E-state index in [-0.39, 0.29) is 18.6 Å². The van der Waals surface area contributed by atoms with Gasteiger partial charge in [0.05, 0.1) is 18.0 Å². The summed E-state index contributed by atoms with van der Waals surface area (Å²) < 4.78 is 10.5. The van der Waals surface area contributed by atoms with Crippen molar-refractivity contribution in [3.63, 3.8) is 0 Å². The predicted octanol–water partition coefficient (Wildman–Crippen LogP) is 7.30. The first-order valence-corrected chi connectivity index (χ1v) is 15.7. The zero-order valence-electron chi connectivity index (χ0n) is 24.5. The number of halogens is 1. The highest BCUT2D eigenvalue weighted by Gasteiger charge is 2.27. The normalized spacial score (nSPS) is 18.7. The molecule has 2 saturated heterocycles. The highest BCUT2D eigenvalue weighted by atomic mass is 35.5. The van der Waals surface area contributed by atoms with Crippen LogP contribution in [0.15, 0.2) is 54.6 Å². The van der Waals surface area contributed by atoms with Crippen molar-refractivity contribution in [2.45, 2.75) is 70.3 Å². The largest absolute Gasteiger partial charge is 0.449 e. The lowest BCUT2D eigenvalue weighted by Gasteiger charge is -2.40. The quantitative estimate of drug-likeness (QED) is 0.342. The molecule has 3 aliphatic rings. The molecule has 0 aromatic heterocycles. The lowest BCUT2D eigenvalue weighted by atomic mass is 9.90. The van der Waals surface area contributed by atoms with Gasteiger partial charge < -0.3 is 19.3 Å². The third-order valence-corrected chi connectivity index (χ3v) is 8.69. The molecular formula is C33H46ClN3O4. The molecule has 0 bridgehead atoms. The molecule has 5 rings (SSSR count). The summed E-state index contributed by atoms with van der Waals surface area (Å²) in [5.74, 6) is 0.634. The Labute approximate surface area is 250 Å². The number of likely N-dealkylation sites (tertiary alicyclic amines) is 2. The molecule has 7 nitrogen and oxygen atoms in total. The van der Waals surface area contributed by atoms with Crippen molar-refractivity contribution in [1.82, 2.24) is 9.80 Å². The Kier molecular flexibility index (Phi) is 12.8. The van der Waals surface area contributed by atoms with Crippen molar-refractivity contribution in [3.8, 4) is 0 Å². The maximum absolute atomic E-state index is 12.7. The summed E-state index contributed by atoms with van der Waals surface area (Å²) in [6.07, 6.45) is 12.1. The minimum atomic E-state index is -0.339. The van der Waals surface area contributed by atoms with Gasteiger partial charge in [0.25, 0.3) is 0 Å². The van der Waals surface area contributed by atoms with Crippen molar-refractivity contribution < 1.29 is 19.1 Å². The number of nitrogens with zero attached hydrogens (tertiary/aromatic N) is 3. The van der Waals surface area contributed by atoms with E-state index in [1.807, 2.05) is 47.4 Å². The second-order valence-corrected chi connectivity index (χ2v) is 11.8. The number of methoxy groups -OCH3 is 1. The number of rotatable bonds is 7. The Balaban J connectivity index is 0.000000201. The monoisotopic (exact) mass is 583 g/mol. The van der Waals surface area contributed by atoms with Crippen molar-refractivity contribution in [1.29, 1.82) is 0 Å². The Bertz CT molecular complexity index is 1050. The summed E-state index contributed by atoms with van der Waals surface area (Å²) in [4.78, 5) is 30.6. The summed E-state index contributed by atoms with van der Waals surface area (Å²) in [7, 11) is 1.58. The number of amides is 2. The van der Waals surface area contributed by atoms with Crippen LogP contribution in [0.2, 0.25) is 5.02 Å². The van der Waals surface area contributed by atoms with Gasteiger partial charge in [-0.2, -0.15) is 0 Å². The van der Waals surface area contributed by atoms with E-state index < -0.39 is 0 Å². The Morgan fingerprint density at radius 2 is 1.41 bits per heavy atom. The van der Waals surface area contributed by atoms with Gasteiger partial charge in [0.15, 0.2) is 0 Å². The minimum absolute atomic E-state index is 0.143. The molecule has 0 atom stereocenters. The molecule has 2 aromatic carbocycles. The molecule has 3 fully saturated rings. The maximum Gasteiger partial charge on any atom is 0.418 e. The van der Waals surface area contributed by atoms with E-state index >= 15 is 0 Å². The van der Waals surface area contributed by atoms with Crippen molar-refractivity contribution >= 4 is 35.0 Å². The van der Waals surface area contributed by atoms with Crippen LogP contribution in [-0.2, 0) is 14.3 Å². The Morgan fingerprint density at radius 3 is 2.05 bits per heavy atom. The molecular weight excluding hydrogens is 538 g/mol. The van der Waals surface area contributed by atoms with Crippen LogP contribution in [0.1, 0.15) is 64.2 Å². The summed E-state index contributed by atoms with van der Waals surface area (Å²) in [6.45, 7) is 5.06. The summed E-state index contributed by atoms with van der Waals surface area (Å²) >= 11 is 5.97. The molecule has 1 aliphatic carbocycles. The van der Waals surface area contributed by atoms with E-state index in [2.05, 4.69) is 4.90 Å². The lowest BCUT2D eigenvalue weighted by molar-refractivity contribution is -0.136. The molecule has 2 heterocycles. The standard InChI is InChI=1S/C20H22ClNO2.C13H24N2O2/c21-17-11-13-19(14-12-17)22(18-9-5-2-6-10-18)20(23)24-15-16-7-3-1-4-8-16;1-17-11-13(16)15-9-5-12(6-10-15)14-7-3-2-4-8-14/h2,5-6,9-14,16H,1,3-4,7-8,15H2;12H,2-11H2,1H3. The second-order valence-electron chi connectivity index (χ2n) is 11.4. The van der Waals surface area contributed by atoms with Gasteiger partial charge in [-0.3, -0.25) is 4.79 Å². The Hall–Kier alpha value is -2.61. The highest BCUT2D eigenvalue weighted by Crippen LogP contribution is 2.29. The van der Waals surface area contributed by atoms with E-state index in [9.17, 15) is 9.59 Å². The number of carbonyl (C=O) groups is 2. The van der Waals surface area contributed by atoms with Crippen LogP contribution in [-0.4, -0.2) is 74.3 Å². The van der Waals surface area contributed by atoms with Crippen LogP contribution in [0.4, 0.5) is 16.2 Å². The number of carbonyl (C=O) groups excluding carboxylic acids is 2. The summed E-state index contributed by atoms with van der Waals surface area (Å²) in [5.41, 5.74) is 1.53. The molecule has 0 radical (unpaired) electrons. The van der Waals surface area contributed by atoms with Gasteiger partial charge in [-0.25, -0.2) is 9.69 Å². The number of ether oxygens (including phenoxy) is 2. The van der Waals surface area contributed by atoms with Crippen molar-refractivity contribution in [2.75, 3.05) is 51.4 Å². The van der Waals surface area contributed by atoms with Crippen LogP contribution in [0.3, 0.4) is 0 Å². The van der Waals surface area contributed by atoms with Crippen LogP contribution < -0.4 is 4.90 Å². The number of piperidine rings is 2. The topological polar surface area (TPSA) is 62.3 Å². The van der Waals surface area contributed by atoms with Crippen molar-refractivity contribution in [2.24, 2.45) is 5.92 Å². The molecule has 0 N–H and O–H groups in total. The molecule has 41 heavy (non-hydrogen) atoms. The number of anilines is 2. The van der Waals surface area contributed by atoms with E-state index in [1.165, 1.54) is 51.6 Å². The first-order valence-electron chi connectivity index (χ1n) is 15.3. The number of benzene rings is 2. The van der Waals surface area contributed by atoms with Crippen LogP contribution in [0.25, 0.3) is 0 Å². The summed E-state index contributed by atoms with van der Waals surface area (Å²) in [6, 6.07) is 17.5. The second kappa shape index (κ2) is 16.7. The number of hydrogen-bond donors (Lipinski definition) is 0. The van der Waals surface area contributed by atoms with Crippen molar-refractivity contribution in [3.05, 3.63) is 59.6 Å². The van der Waals surface area contributed by atoms with Gasteiger partial charge >= 0.3 is 6.09 Å². The first kappa shape index (κ1) is 31.3. The summed E-state index contributed by atoms with van der Waals surface area (Å²) in [5, 5.41) is 0.641. The fraction of sp³-hybridized carbons (Fsp3) is 0.576. The van der Waals surface area contributed by atoms with Gasteiger partial charge in [0.2, 0.25) is 5.91 Å². The fourth-order valence-corrected chi connectivity index (χ4v) is 6.24. The molecule has 2 aromatic rings. The zero-order chi connectivity index (χ0) is 28.9. The molecule has 0 unspecified atom stereocenters. The predicted molar refractivity (Wildman–Crippen MR) is 165 cm³/mol. The minimum Gasteiger partial charge on any atom is -0.449 e. The average molecular weight is 584 g/mol. The molecule has 8 heteroatoms. The third-order valence-electron chi connectivity index (χ3n) is 8.44. The number of hydrogen-bond acceptors (Lipinski definition) is 5. The first-order chi connectivity index (χ1) is 20.0. The molecule has 1 saturated carbocycles. The number of para-hydroxylation sites is 1.